The highest BCUT2D eigenvalue weighted by atomic mass is 32.1. The molecule has 0 aliphatic carbocycles. The zero-order valence-corrected chi connectivity index (χ0v) is 25.1. The number of thiazole rings is 1. The summed E-state index contributed by atoms with van der Waals surface area (Å²) >= 11 is 6.87. The summed E-state index contributed by atoms with van der Waals surface area (Å²) in [6.45, 7) is 9.18. The summed E-state index contributed by atoms with van der Waals surface area (Å²) < 4.78 is 38.7. The molecule has 3 aromatic carbocycles. The van der Waals surface area contributed by atoms with Gasteiger partial charge in [-0.05, 0) is 46.8 Å². The molecule has 0 bridgehead atoms. The van der Waals surface area contributed by atoms with Crippen molar-refractivity contribution in [3.8, 4) is 27.6 Å². The molecule has 0 fully saturated rings. The van der Waals surface area contributed by atoms with Crippen molar-refractivity contribution in [3.05, 3.63) is 95.4 Å². The van der Waals surface area contributed by atoms with Crippen LogP contribution in [0.5, 0.6) is 5.75 Å². The molecule has 6 nitrogen and oxygen atoms in total. The number of aryl methyl sites for hydroxylation is 1. The Balaban J connectivity index is 1.85. The number of thiocarbonyl (C=S) groups is 1. The van der Waals surface area contributed by atoms with E-state index in [9.17, 15) is 4.57 Å². The maximum Gasteiger partial charge on any atom is 0.377 e. The van der Waals surface area contributed by atoms with E-state index in [0.717, 1.165) is 21.7 Å². The van der Waals surface area contributed by atoms with Gasteiger partial charge in [0.05, 0.1) is 22.8 Å². The molecule has 1 heterocycles. The minimum Gasteiger partial charge on any atom is -0.434 e. The maximum absolute atomic E-state index is 14.6. The van der Waals surface area contributed by atoms with Crippen molar-refractivity contribution in [1.29, 1.82) is 0 Å². The Morgan fingerprint density at radius 3 is 1.90 bits per heavy atom. The van der Waals surface area contributed by atoms with E-state index < -0.39 is 25.6 Å². The second-order valence-electron chi connectivity index (χ2n) is 9.45. The Kier molecular flexibility index (Phi) is 9.70. The van der Waals surface area contributed by atoms with Crippen LogP contribution in [0, 0.1) is 6.92 Å². The van der Waals surface area contributed by atoms with Crippen molar-refractivity contribution in [1.82, 2.24) is 4.98 Å². The number of rotatable bonds is 10. The molecule has 0 N–H and O–H groups in total. The third-order valence-corrected chi connectivity index (χ3v) is 9.25. The number of ether oxygens (including phenoxy) is 2. The molecule has 0 amide bonds. The molecule has 1 atom stereocenters. The number of aromatic nitrogens is 1. The zero-order valence-electron chi connectivity index (χ0n) is 22.6. The summed E-state index contributed by atoms with van der Waals surface area (Å²) in [5.74, 6) is -0.711. The van der Waals surface area contributed by atoms with Crippen LogP contribution in [0.2, 0.25) is 0 Å². The van der Waals surface area contributed by atoms with Gasteiger partial charge in [0.15, 0.2) is 0 Å². The molecule has 1 unspecified atom stereocenters. The van der Waals surface area contributed by atoms with E-state index in [-0.39, 0.29) is 5.24 Å². The van der Waals surface area contributed by atoms with E-state index in [1.807, 2.05) is 79.7 Å². The van der Waals surface area contributed by atoms with E-state index in [1.165, 1.54) is 11.3 Å². The first-order valence-corrected chi connectivity index (χ1v) is 15.5. The van der Waals surface area contributed by atoms with E-state index >= 15 is 0 Å². The Morgan fingerprint density at radius 1 is 0.821 bits per heavy atom. The highest BCUT2D eigenvalue weighted by Crippen LogP contribution is 2.65. The van der Waals surface area contributed by atoms with Gasteiger partial charge in [-0.15, -0.1) is 11.3 Å². The lowest BCUT2D eigenvalue weighted by Crippen LogP contribution is -2.20. The van der Waals surface area contributed by atoms with Crippen LogP contribution in [-0.2, 0) is 18.3 Å². The fourth-order valence-corrected chi connectivity index (χ4v) is 7.71. The van der Waals surface area contributed by atoms with Gasteiger partial charge in [0, 0.05) is 23.3 Å². The van der Waals surface area contributed by atoms with Gasteiger partial charge in [0.25, 0.3) is 0 Å². The van der Waals surface area contributed by atoms with Gasteiger partial charge >= 0.3 is 12.8 Å². The number of nitrogens with zero attached hydrogens (tertiary/aromatic N) is 1. The lowest BCUT2D eigenvalue weighted by atomic mass is 10.1. The molecule has 0 saturated heterocycles. The third-order valence-electron chi connectivity index (χ3n) is 5.38. The normalized spacial score (nSPS) is 12.5. The quantitative estimate of drug-likeness (QED) is 0.137. The Hall–Kier alpha value is -2.87. The zero-order chi connectivity index (χ0) is 28.0. The second-order valence-corrected chi connectivity index (χ2v) is 12.8. The summed E-state index contributed by atoms with van der Waals surface area (Å²) in [5, 5.41) is 0.543. The van der Waals surface area contributed by atoms with Gasteiger partial charge in [0.2, 0.25) is 5.85 Å². The molecule has 204 valence electrons. The second kappa shape index (κ2) is 13.0. The van der Waals surface area contributed by atoms with Crippen molar-refractivity contribution in [3.63, 3.8) is 0 Å². The van der Waals surface area contributed by atoms with Gasteiger partial charge in [-0.1, -0.05) is 78.4 Å². The standard InChI is InChI=1S/C30H32NO5PS2/c1-20(2)35-37(32,36-21(3)4)29(34-30(38)33-25-18-16-22(5)17-19-25)27-26(23-12-8-6-9-13-23)31-28(39-27)24-14-10-7-11-15-24/h6-21,29H,1-5H3. The molecule has 4 aromatic rings. The Bertz CT molecular complexity index is 1410. The molecule has 9 heteroatoms. The summed E-state index contributed by atoms with van der Waals surface area (Å²) in [7, 11) is -3.98. The topological polar surface area (TPSA) is 66.9 Å². The van der Waals surface area contributed by atoms with Gasteiger partial charge in [-0.25, -0.2) is 4.98 Å². The predicted molar refractivity (Wildman–Crippen MR) is 161 cm³/mol. The van der Waals surface area contributed by atoms with E-state index in [4.69, 9.17) is 35.7 Å². The summed E-state index contributed by atoms with van der Waals surface area (Å²) in [4.78, 5) is 5.54. The Labute approximate surface area is 239 Å². The fourth-order valence-electron chi connectivity index (χ4n) is 3.81. The number of hydrogen-bond donors (Lipinski definition) is 0. The largest absolute Gasteiger partial charge is 0.434 e. The van der Waals surface area contributed by atoms with Gasteiger partial charge in [0.1, 0.15) is 10.8 Å². The average Bonchev–Trinajstić information content (AvgIpc) is 3.34. The SMILES string of the molecule is Cc1ccc(OC(=S)OC(c2sc(-c3ccccc3)nc2-c2ccccc2)P(=O)(OC(C)C)OC(C)C)cc1. The first-order chi connectivity index (χ1) is 18.6. The highest BCUT2D eigenvalue weighted by molar-refractivity contribution is 7.79. The fraction of sp³-hybridized carbons (Fsp3) is 0.267. The lowest BCUT2D eigenvalue weighted by Gasteiger charge is -2.29. The van der Waals surface area contributed by atoms with Crippen molar-refractivity contribution in [2.45, 2.75) is 52.7 Å². The smallest absolute Gasteiger partial charge is 0.377 e. The van der Waals surface area contributed by atoms with Crippen LogP contribution in [0.1, 0.15) is 44.0 Å². The molecule has 0 radical (unpaired) electrons. The lowest BCUT2D eigenvalue weighted by molar-refractivity contribution is 0.0992. The minimum absolute atomic E-state index is 0.197. The van der Waals surface area contributed by atoms with Crippen molar-refractivity contribution in [2.75, 3.05) is 0 Å². The van der Waals surface area contributed by atoms with E-state index in [0.29, 0.717) is 16.3 Å². The van der Waals surface area contributed by atoms with Crippen molar-refractivity contribution in [2.24, 2.45) is 0 Å². The van der Waals surface area contributed by atoms with Crippen LogP contribution >= 0.6 is 31.2 Å². The van der Waals surface area contributed by atoms with Gasteiger partial charge in [-0.2, -0.15) is 0 Å². The molecule has 1 aromatic heterocycles. The van der Waals surface area contributed by atoms with Crippen LogP contribution in [0.3, 0.4) is 0 Å². The minimum atomic E-state index is -3.98. The van der Waals surface area contributed by atoms with Crippen LogP contribution in [-0.4, -0.2) is 22.4 Å². The molecule has 0 spiro atoms. The first-order valence-electron chi connectivity index (χ1n) is 12.7. The monoisotopic (exact) mass is 581 g/mol. The molecular formula is C30H32NO5PS2. The number of hydrogen-bond acceptors (Lipinski definition) is 8. The predicted octanol–water partition coefficient (Wildman–Crippen LogP) is 9.21. The molecule has 39 heavy (non-hydrogen) atoms. The summed E-state index contributed by atoms with van der Waals surface area (Å²) in [5.41, 5.74) is 3.46. The van der Waals surface area contributed by atoms with Crippen LogP contribution in [0.25, 0.3) is 21.8 Å². The van der Waals surface area contributed by atoms with Gasteiger partial charge < -0.3 is 18.5 Å². The Morgan fingerprint density at radius 2 is 1.36 bits per heavy atom. The molecule has 0 aliphatic rings. The van der Waals surface area contributed by atoms with Crippen molar-refractivity contribution < 1.29 is 23.1 Å². The summed E-state index contributed by atoms with van der Waals surface area (Å²) in [6.07, 6.45) is -0.817. The maximum atomic E-state index is 14.6. The van der Waals surface area contributed by atoms with Crippen LogP contribution in [0.4, 0.5) is 0 Å². The van der Waals surface area contributed by atoms with Crippen molar-refractivity contribution >= 4 is 36.4 Å². The molecular weight excluding hydrogens is 549 g/mol. The van der Waals surface area contributed by atoms with E-state index in [2.05, 4.69) is 0 Å². The summed E-state index contributed by atoms with van der Waals surface area (Å²) in [6, 6.07) is 26.9. The molecule has 0 aliphatic heterocycles. The number of benzene rings is 3. The van der Waals surface area contributed by atoms with Crippen LogP contribution < -0.4 is 4.74 Å². The van der Waals surface area contributed by atoms with E-state index in [1.54, 1.807) is 39.8 Å². The van der Waals surface area contributed by atoms with Crippen LogP contribution in [0.15, 0.2) is 84.9 Å². The average molecular weight is 582 g/mol. The highest BCUT2D eigenvalue weighted by Gasteiger charge is 2.45. The third kappa shape index (κ3) is 7.62. The molecule has 0 saturated carbocycles. The van der Waals surface area contributed by atoms with Gasteiger partial charge in [-0.3, -0.25) is 4.57 Å². The molecule has 4 rings (SSSR count). The first kappa shape index (κ1) is 29.1.